The van der Waals surface area contributed by atoms with Crippen LogP contribution in [0.25, 0.3) is 0 Å². The van der Waals surface area contributed by atoms with E-state index in [1.807, 2.05) is 30.3 Å². The molecular weight excluding hydrogens is 220 g/mol. The Morgan fingerprint density at radius 2 is 2.00 bits per heavy atom. The Hall–Kier alpha value is -1.39. The van der Waals surface area contributed by atoms with Gasteiger partial charge in [-0.1, -0.05) is 37.3 Å². The van der Waals surface area contributed by atoms with Crippen molar-refractivity contribution in [3.63, 3.8) is 0 Å². The van der Waals surface area contributed by atoms with Gasteiger partial charge in [0.05, 0.1) is 13.2 Å². The van der Waals surface area contributed by atoms with Gasteiger partial charge in [-0.2, -0.15) is 0 Å². The third-order valence-corrected chi connectivity index (χ3v) is 2.15. The van der Waals surface area contributed by atoms with Crippen molar-refractivity contribution in [1.82, 2.24) is 0 Å². The fraction of sp³-hybridized carbons (Fsp3) is 0.462. The summed E-state index contributed by atoms with van der Waals surface area (Å²) in [4.78, 5) is 10.8. The second kappa shape index (κ2) is 7.81. The largest absolute Gasteiger partial charge is 0.463 e. The monoisotopic (exact) mass is 238 g/mol. The zero-order valence-electron chi connectivity index (χ0n) is 9.96. The van der Waals surface area contributed by atoms with Crippen LogP contribution in [-0.4, -0.2) is 30.4 Å². The van der Waals surface area contributed by atoms with Crippen LogP contribution in [0.2, 0.25) is 0 Å². The standard InChI is InChI=1S/C13H18O4/c1-2-13(15)17-10-12(14)9-16-8-11-6-4-3-5-7-11/h3-7,12,14H,2,8-10H2,1H3/t12-/m1/s1. The van der Waals surface area contributed by atoms with E-state index in [9.17, 15) is 9.90 Å². The molecule has 0 spiro atoms. The normalized spacial score (nSPS) is 12.1. The Morgan fingerprint density at radius 3 is 2.65 bits per heavy atom. The SMILES string of the molecule is CCC(=O)OC[C@H](O)COCc1ccccc1. The molecule has 0 bridgehead atoms. The third-order valence-electron chi connectivity index (χ3n) is 2.15. The van der Waals surface area contributed by atoms with Crippen LogP contribution >= 0.6 is 0 Å². The van der Waals surface area contributed by atoms with Crippen molar-refractivity contribution in [2.75, 3.05) is 13.2 Å². The van der Waals surface area contributed by atoms with Gasteiger partial charge in [0.1, 0.15) is 12.7 Å². The molecule has 1 aromatic carbocycles. The minimum atomic E-state index is -0.769. The molecule has 1 aromatic rings. The third kappa shape index (κ3) is 6.04. The van der Waals surface area contributed by atoms with E-state index in [0.29, 0.717) is 13.0 Å². The lowest BCUT2D eigenvalue weighted by molar-refractivity contribution is -0.147. The number of rotatable bonds is 7. The fourth-order valence-corrected chi connectivity index (χ4v) is 1.23. The molecule has 1 atom stereocenters. The molecule has 0 radical (unpaired) electrons. The summed E-state index contributed by atoms with van der Waals surface area (Å²) in [6.45, 7) is 2.30. The lowest BCUT2D eigenvalue weighted by Gasteiger charge is -2.11. The maximum atomic E-state index is 10.8. The van der Waals surface area contributed by atoms with Gasteiger partial charge in [-0.15, -0.1) is 0 Å². The molecule has 0 saturated heterocycles. The van der Waals surface area contributed by atoms with Crippen LogP contribution in [0.1, 0.15) is 18.9 Å². The van der Waals surface area contributed by atoms with Gasteiger partial charge >= 0.3 is 5.97 Å². The Labute approximate surface area is 101 Å². The molecule has 0 aliphatic heterocycles. The topological polar surface area (TPSA) is 55.8 Å². The Morgan fingerprint density at radius 1 is 1.29 bits per heavy atom. The van der Waals surface area contributed by atoms with Gasteiger partial charge in [0.2, 0.25) is 0 Å². The van der Waals surface area contributed by atoms with Crippen LogP contribution in [0, 0.1) is 0 Å². The number of hydrogen-bond acceptors (Lipinski definition) is 4. The van der Waals surface area contributed by atoms with Crippen molar-refractivity contribution in [3.8, 4) is 0 Å². The van der Waals surface area contributed by atoms with Crippen LogP contribution in [-0.2, 0) is 20.9 Å². The van der Waals surface area contributed by atoms with Gasteiger partial charge in [-0.05, 0) is 5.56 Å². The maximum absolute atomic E-state index is 10.8. The summed E-state index contributed by atoms with van der Waals surface area (Å²) in [5, 5.41) is 9.47. The van der Waals surface area contributed by atoms with Gasteiger partial charge in [-0.25, -0.2) is 0 Å². The van der Waals surface area contributed by atoms with Crippen LogP contribution in [0.4, 0.5) is 0 Å². The van der Waals surface area contributed by atoms with Crippen LogP contribution in [0.5, 0.6) is 0 Å². The second-order valence-electron chi connectivity index (χ2n) is 3.69. The van der Waals surface area contributed by atoms with E-state index >= 15 is 0 Å². The predicted molar refractivity (Wildman–Crippen MR) is 63.4 cm³/mol. The Bertz CT molecular complexity index is 323. The second-order valence-corrected chi connectivity index (χ2v) is 3.69. The summed E-state index contributed by atoms with van der Waals surface area (Å²) in [6, 6.07) is 9.69. The van der Waals surface area contributed by atoms with Gasteiger partial charge in [0.15, 0.2) is 0 Å². The van der Waals surface area contributed by atoms with E-state index in [1.165, 1.54) is 0 Å². The average molecular weight is 238 g/mol. The number of benzene rings is 1. The number of hydrogen-bond donors (Lipinski definition) is 1. The molecule has 0 aliphatic carbocycles. The van der Waals surface area contributed by atoms with E-state index in [-0.39, 0.29) is 19.2 Å². The van der Waals surface area contributed by atoms with Crippen molar-refractivity contribution in [1.29, 1.82) is 0 Å². The first-order valence-electron chi connectivity index (χ1n) is 5.67. The molecule has 0 unspecified atom stereocenters. The number of aliphatic hydroxyl groups excluding tert-OH is 1. The van der Waals surface area contributed by atoms with Crippen LogP contribution < -0.4 is 0 Å². The van der Waals surface area contributed by atoms with E-state index < -0.39 is 6.10 Å². The molecule has 4 heteroatoms. The van der Waals surface area contributed by atoms with E-state index in [1.54, 1.807) is 6.92 Å². The van der Waals surface area contributed by atoms with Crippen molar-refractivity contribution in [2.45, 2.75) is 26.1 Å². The summed E-state index contributed by atoms with van der Waals surface area (Å²) >= 11 is 0. The molecule has 1 N–H and O–H groups in total. The predicted octanol–water partition coefficient (Wildman–Crippen LogP) is 1.52. The first kappa shape index (κ1) is 13.7. The number of carbonyl (C=O) groups is 1. The molecule has 0 heterocycles. The Balaban J connectivity index is 2.12. The number of ether oxygens (including phenoxy) is 2. The molecule has 0 saturated carbocycles. The van der Waals surface area contributed by atoms with Gasteiger partial charge in [0, 0.05) is 6.42 Å². The lowest BCUT2D eigenvalue weighted by atomic mass is 10.2. The zero-order chi connectivity index (χ0) is 12.5. The van der Waals surface area contributed by atoms with Gasteiger partial charge < -0.3 is 14.6 Å². The lowest BCUT2D eigenvalue weighted by Crippen LogP contribution is -2.23. The maximum Gasteiger partial charge on any atom is 0.305 e. The zero-order valence-corrected chi connectivity index (χ0v) is 9.96. The first-order chi connectivity index (χ1) is 8.22. The van der Waals surface area contributed by atoms with Gasteiger partial charge in [0.25, 0.3) is 0 Å². The highest BCUT2D eigenvalue weighted by molar-refractivity contribution is 5.68. The van der Waals surface area contributed by atoms with Crippen molar-refractivity contribution < 1.29 is 19.4 Å². The molecule has 0 aliphatic rings. The quantitative estimate of drug-likeness (QED) is 0.732. The van der Waals surface area contributed by atoms with Gasteiger partial charge in [-0.3, -0.25) is 4.79 Å². The molecular formula is C13H18O4. The highest BCUT2D eigenvalue weighted by atomic mass is 16.5. The average Bonchev–Trinajstić information content (AvgIpc) is 2.37. The number of carbonyl (C=O) groups excluding carboxylic acids is 1. The minimum Gasteiger partial charge on any atom is -0.463 e. The molecule has 0 amide bonds. The number of aliphatic hydroxyl groups is 1. The summed E-state index contributed by atoms with van der Waals surface area (Å²) in [6.07, 6.45) is -0.452. The molecule has 4 nitrogen and oxygen atoms in total. The smallest absolute Gasteiger partial charge is 0.305 e. The van der Waals surface area contributed by atoms with E-state index in [2.05, 4.69) is 0 Å². The first-order valence-corrected chi connectivity index (χ1v) is 5.67. The highest BCUT2D eigenvalue weighted by Gasteiger charge is 2.07. The molecule has 0 fully saturated rings. The minimum absolute atomic E-state index is 0.0124. The van der Waals surface area contributed by atoms with Crippen molar-refractivity contribution in [3.05, 3.63) is 35.9 Å². The molecule has 0 aromatic heterocycles. The Kier molecular flexibility index (Phi) is 6.29. The highest BCUT2D eigenvalue weighted by Crippen LogP contribution is 2.01. The molecule has 94 valence electrons. The molecule has 17 heavy (non-hydrogen) atoms. The van der Waals surface area contributed by atoms with Crippen molar-refractivity contribution in [2.24, 2.45) is 0 Å². The van der Waals surface area contributed by atoms with E-state index in [4.69, 9.17) is 9.47 Å². The summed E-state index contributed by atoms with van der Waals surface area (Å²) in [7, 11) is 0. The molecule has 1 rings (SSSR count). The van der Waals surface area contributed by atoms with Crippen molar-refractivity contribution >= 4 is 5.97 Å². The summed E-state index contributed by atoms with van der Waals surface area (Å²) in [5.41, 5.74) is 1.05. The summed E-state index contributed by atoms with van der Waals surface area (Å²) in [5.74, 6) is -0.313. The van der Waals surface area contributed by atoms with E-state index in [0.717, 1.165) is 5.56 Å². The fourth-order valence-electron chi connectivity index (χ4n) is 1.23. The van der Waals surface area contributed by atoms with Crippen LogP contribution in [0.15, 0.2) is 30.3 Å². The summed E-state index contributed by atoms with van der Waals surface area (Å²) < 4.78 is 10.1. The number of esters is 1. The van der Waals surface area contributed by atoms with Crippen LogP contribution in [0.3, 0.4) is 0 Å².